The van der Waals surface area contributed by atoms with Gasteiger partial charge in [0.15, 0.2) is 0 Å². The third-order valence-electron chi connectivity index (χ3n) is 3.47. The van der Waals surface area contributed by atoms with Crippen LogP contribution in [0.2, 0.25) is 0 Å². The second kappa shape index (κ2) is 5.32. The number of likely N-dealkylation sites (N-methyl/N-ethyl adjacent to an activating group) is 1. The molecule has 1 unspecified atom stereocenters. The summed E-state index contributed by atoms with van der Waals surface area (Å²) in [6.45, 7) is 7.26. The second-order valence-electron chi connectivity index (χ2n) is 4.39. The van der Waals surface area contributed by atoms with Crippen molar-refractivity contribution in [2.45, 2.75) is 26.3 Å². The Morgan fingerprint density at radius 3 is 2.76 bits per heavy atom. The summed E-state index contributed by atoms with van der Waals surface area (Å²) in [6, 6.07) is 8.24. The van der Waals surface area contributed by atoms with Crippen LogP contribution in [0, 0.1) is 0 Å². The number of hydrogen-bond donors (Lipinski definition) is 1. The Hall–Kier alpha value is -1.35. The summed E-state index contributed by atoms with van der Waals surface area (Å²) < 4.78 is 0. The van der Waals surface area contributed by atoms with Gasteiger partial charge in [0.1, 0.15) is 0 Å². The number of fused-ring (bicyclic) bond motifs is 1. The number of carbonyl (C=O) groups is 1. The van der Waals surface area contributed by atoms with Crippen LogP contribution in [0.5, 0.6) is 0 Å². The average molecular weight is 232 g/mol. The molecule has 1 heterocycles. The molecular weight excluding hydrogens is 212 g/mol. The van der Waals surface area contributed by atoms with E-state index in [0.717, 1.165) is 26.2 Å². The number of carbonyl (C=O) groups excluding carboxylic acids is 1. The van der Waals surface area contributed by atoms with E-state index in [1.807, 2.05) is 30.9 Å². The Labute approximate surface area is 103 Å². The molecular formula is C14H20N2O. The van der Waals surface area contributed by atoms with Gasteiger partial charge in [-0.3, -0.25) is 4.79 Å². The first-order valence-electron chi connectivity index (χ1n) is 6.35. The maximum atomic E-state index is 12.4. The number of amides is 1. The van der Waals surface area contributed by atoms with Crippen LogP contribution in [0.4, 0.5) is 0 Å². The first kappa shape index (κ1) is 12.1. The van der Waals surface area contributed by atoms with E-state index in [4.69, 9.17) is 0 Å². The standard InChI is InChI=1S/C14H20N2O/c1-3-16(4-2)14(17)13-10-15-9-11-7-5-6-8-12(11)13/h5-8,13,15H,3-4,9-10H2,1-2H3. The van der Waals surface area contributed by atoms with Crippen molar-refractivity contribution in [3.05, 3.63) is 35.4 Å². The second-order valence-corrected chi connectivity index (χ2v) is 4.39. The van der Waals surface area contributed by atoms with E-state index in [1.165, 1.54) is 11.1 Å². The molecule has 0 saturated heterocycles. The molecule has 1 atom stereocenters. The van der Waals surface area contributed by atoms with Gasteiger partial charge in [-0.05, 0) is 25.0 Å². The van der Waals surface area contributed by atoms with E-state index in [1.54, 1.807) is 0 Å². The lowest BCUT2D eigenvalue weighted by Crippen LogP contribution is -2.41. The third-order valence-corrected chi connectivity index (χ3v) is 3.47. The molecule has 1 amide bonds. The predicted molar refractivity (Wildman–Crippen MR) is 68.8 cm³/mol. The van der Waals surface area contributed by atoms with E-state index in [9.17, 15) is 4.79 Å². The fraction of sp³-hybridized carbons (Fsp3) is 0.500. The van der Waals surface area contributed by atoms with Crippen molar-refractivity contribution in [2.24, 2.45) is 0 Å². The minimum absolute atomic E-state index is 0.0140. The lowest BCUT2D eigenvalue weighted by atomic mass is 9.90. The van der Waals surface area contributed by atoms with E-state index < -0.39 is 0 Å². The molecule has 1 aromatic carbocycles. The van der Waals surface area contributed by atoms with Gasteiger partial charge >= 0.3 is 0 Å². The molecule has 17 heavy (non-hydrogen) atoms. The van der Waals surface area contributed by atoms with Crippen LogP contribution in [0.3, 0.4) is 0 Å². The van der Waals surface area contributed by atoms with Gasteiger partial charge in [-0.1, -0.05) is 24.3 Å². The summed E-state index contributed by atoms with van der Waals surface area (Å²) in [5.74, 6) is 0.231. The molecule has 3 heteroatoms. The molecule has 92 valence electrons. The molecule has 0 saturated carbocycles. The molecule has 1 N–H and O–H groups in total. The third kappa shape index (κ3) is 2.34. The minimum atomic E-state index is -0.0140. The number of nitrogens with one attached hydrogen (secondary N) is 1. The van der Waals surface area contributed by atoms with Crippen LogP contribution < -0.4 is 5.32 Å². The molecule has 1 aromatic rings. The number of nitrogens with zero attached hydrogens (tertiary/aromatic N) is 1. The summed E-state index contributed by atoms with van der Waals surface area (Å²) in [4.78, 5) is 14.3. The summed E-state index contributed by atoms with van der Waals surface area (Å²) in [5, 5.41) is 3.33. The Morgan fingerprint density at radius 1 is 1.35 bits per heavy atom. The number of hydrogen-bond acceptors (Lipinski definition) is 2. The monoisotopic (exact) mass is 232 g/mol. The SMILES string of the molecule is CCN(CC)C(=O)C1CNCc2ccccc21. The molecule has 2 rings (SSSR count). The quantitative estimate of drug-likeness (QED) is 0.861. The fourth-order valence-corrected chi connectivity index (χ4v) is 2.47. The zero-order chi connectivity index (χ0) is 12.3. The van der Waals surface area contributed by atoms with Crippen LogP contribution in [-0.4, -0.2) is 30.4 Å². The van der Waals surface area contributed by atoms with Gasteiger partial charge in [-0.15, -0.1) is 0 Å². The van der Waals surface area contributed by atoms with E-state index in [-0.39, 0.29) is 11.8 Å². The highest BCUT2D eigenvalue weighted by molar-refractivity contribution is 5.84. The maximum absolute atomic E-state index is 12.4. The number of benzene rings is 1. The van der Waals surface area contributed by atoms with E-state index >= 15 is 0 Å². The Balaban J connectivity index is 2.26. The molecule has 0 aliphatic carbocycles. The molecule has 0 radical (unpaired) electrons. The predicted octanol–water partition coefficient (Wildman–Crippen LogP) is 1.74. The molecule has 1 aliphatic rings. The Kier molecular flexibility index (Phi) is 3.79. The molecule has 0 spiro atoms. The van der Waals surface area contributed by atoms with Gasteiger partial charge in [0.25, 0.3) is 0 Å². The maximum Gasteiger partial charge on any atom is 0.231 e. The summed E-state index contributed by atoms with van der Waals surface area (Å²) >= 11 is 0. The van der Waals surface area contributed by atoms with Gasteiger partial charge in [-0.2, -0.15) is 0 Å². The zero-order valence-corrected chi connectivity index (χ0v) is 10.6. The molecule has 1 aliphatic heterocycles. The van der Waals surface area contributed by atoms with Gasteiger partial charge < -0.3 is 10.2 Å². The van der Waals surface area contributed by atoms with Crippen molar-refractivity contribution in [1.82, 2.24) is 10.2 Å². The van der Waals surface area contributed by atoms with Crippen molar-refractivity contribution >= 4 is 5.91 Å². The Morgan fingerprint density at radius 2 is 2.06 bits per heavy atom. The van der Waals surface area contributed by atoms with E-state index in [2.05, 4.69) is 17.4 Å². The van der Waals surface area contributed by atoms with Gasteiger partial charge in [0.2, 0.25) is 5.91 Å². The highest BCUT2D eigenvalue weighted by Crippen LogP contribution is 2.25. The van der Waals surface area contributed by atoms with Crippen LogP contribution in [0.15, 0.2) is 24.3 Å². The number of rotatable bonds is 3. The first-order chi connectivity index (χ1) is 8.27. The Bertz CT molecular complexity index is 399. The molecule has 0 aromatic heterocycles. The smallest absolute Gasteiger partial charge is 0.231 e. The van der Waals surface area contributed by atoms with Crippen LogP contribution >= 0.6 is 0 Å². The minimum Gasteiger partial charge on any atom is -0.343 e. The topological polar surface area (TPSA) is 32.3 Å². The van der Waals surface area contributed by atoms with Gasteiger partial charge in [-0.25, -0.2) is 0 Å². The van der Waals surface area contributed by atoms with Crippen molar-refractivity contribution in [2.75, 3.05) is 19.6 Å². The highest BCUT2D eigenvalue weighted by atomic mass is 16.2. The molecule has 0 bridgehead atoms. The van der Waals surface area contributed by atoms with Gasteiger partial charge in [0.05, 0.1) is 5.92 Å². The molecule has 0 fully saturated rings. The van der Waals surface area contributed by atoms with Crippen molar-refractivity contribution in [1.29, 1.82) is 0 Å². The lowest BCUT2D eigenvalue weighted by Gasteiger charge is -2.30. The fourth-order valence-electron chi connectivity index (χ4n) is 2.47. The van der Waals surface area contributed by atoms with Crippen LogP contribution in [0.1, 0.15) is 30.9 Å². The van der Waals surface area contributed by atoms with Crippen LogP contribution in [0.25, 0.3) is 0 Å². The summed E-state index contributed by atoms with van der Waals surface area (Å²) in [6.07, 6.45) is 0. The van der Waals surface area contributed by atoms with Crippen molar-refractivity contribution < 1.29 is 4.79 Å². The average Bonchev–Trinajstić information content (AvgIpc) is 2.39. The molecule has 3 nitrogen and oxygen atoms in total. The summed E-state index contributed by atoms with van der Waals surface area (Å²) in [7, 11) is 0. The van der Waals surface area contributed by atoms with Crippen molar-refractivity contribution in [3.8, 4) is 0 Å². The highest BCUT2D eigenvalue weighted by Gasteiger charge is 2.28. The van der Waals surface area contributed by atoms with E-state index in [0.29, 0.717) is 0 Å². The largest absolute Gasteiger partial charge is 0.343 e. The zero-order valence-electron chi connectivity index (χ0n) is 10.6. The van der Waals surface area contributed by atoms with Crippen LogP contribution in [-0.2, 0) is 11.3 Å². The normalized spacial score (nSPS) is 18.6. The summed E-state index contributed by atoms with van der Waals surface area (Å²) in [5.41, 5.74) is 2.45. The lowest BCUT2D eigenvalue weighted by molar-refractivity contribution is -0.132. The van der Waals surface area contributed by atoms with Crippen molar-refractivity contribution in [3.63, 3.8) is 0 Å². The first-order valence-corrected chi connectivity index (χ1v) is 6.35. The van der Waals surface area contributed by atoms with Gasteiger partial charge in [0, 0.05) is 26.2 Å².